The van der Waals surface area contributed by atoms with Crippen LogP contribution in [0.2, 0.25) is 0 Å². The highest BCUT2D eigenvalue weighted by atomic mass is 31.3. The summed E-state index contributed by atoms with van der Waals surface area (Å²) < 4.78 is 84.8. The van der Waals surface area contributed by atoms with Gasteiger partial charge in [0.15, 0.2) is 35.4 Å². The Kier molecular flexibility index (Phi) is 10.9. The first-order valence-electron chi connectivity index (χ1n) is 14.3. The van der Waals surface area contributed by atoms with E-state index in [1.807, 2.05) is 0 Å². The van der Waals surface area contributed by atoms with E-state index in [-0.39, 0.29) is 34.0 Å². The number of imidazole rings is 2. The van der Waals surface area contributed by atoms with Gasteiger partial charge in [0.2, 0.25) is 0 Å². The van der Waals surface area contributed by atoms with E-state index in [1.165, 1.54) is 0 Å². The highest BCUT2D eigenvalue weighted by Gasteiger charge is 2.51. The number of hydrogen-bond acceptors (Lipinski definition) is 23. The Balaban J connectivity index is 1.21. The molecule has 6 unspecified atom stereocenters. The summed E-state index contributed by atoms with van der Waals surface area (Å²) in [6, 6.07) is 0. The Hall–Kier alpha value is -2.98. The number of phosphoric ester groups is 1. The molecule has 29 nitrogen and oxygen atoms in total. The summed E-state index contributed by atoms with van der Waals surface area (Å²) in [6.45, 7) is -2.24. The zero-order chi connectivity index (χ0) is 38.7. The van der Waals surface area contributed by atoms with Crippen molar-refractivity contribution in [3.05, 3.63) is 25.3 Å². The standard InChI is InChI=1S/C20H28N10O19P4/c21-15-9-17(25-3-23-15)29(5-27-9)19-13(33)11(31)7(45-19)1-43-53(42,49-52(40,41)48-51(38,39)47-50(35,36)37)44-2-8-12(32)14(34)20(46-8)30-6-28-10-16(22)24-4-26-18(10)30/h3-8,11-14,19-20,31-34H,1-2H2,(H,38,39)(H,40,41)(H2,21,23,25)(H2,22,24,26)(H2,35,36,37)/t7-,8-,11?,12?,13?,14?,19-,20-,53?/m1/s1. The van der Waals surface area contributed by atoms with Crippen LogP contribution in [0.4, 0.5) is 11.6 Å². The molecule has 292 valence electrons. The van der Waals surface area contributed by atoms with E-state index < -0.39 is 93.6 Å². The van der Waals surface area contributed by atoms with Crippen molar-refractivity contribution in [1.82, 2.24) is 39.0 Å². The van der Waals surface area contributed by atoms with Crippen LogP contribution in [0.3, 0.4) is 0 Å². The topological polar surface area (TPSA) is 434 Å². The Labute approximate surface area is 293 Å². The minimum atomic E-state index is -6.24. The summed E-state index contributed by atoms with van der Waals surface area (Å²) in [5, 5.41) is 42.9. The highest BCUT2D eigenvalue weighted by molar-refractivity contribution is 7.69. The summed E-state index contributed by atoms with van der Waals surface area (Å²) in [7, 11) is -23.9. The molecule has 4 aromatic rings. The lowest BCUT2D eigenvalue weighted by Crippen LogP contribution is -2.34. The van der Waals surface area contributed by atoms with Crippen LogP contribution >= 0.6 is 31.3 Å². The quantitative estimate of drug-likeness (QED) is 0.0589. The predicted molar refractivity (Wildman–Crippen MR) is 166 cm³/mol. The normalized spacial score (nSPS) is 30.0. The van der Waals surface area contributed by atoms with E-state index in [9.17, 15) is 48.5 Å². The molecule has 2 saturated heterocycles. The zero-order valence-electron chi connectivity index (χ0n) is 25.9. The number of ether oxygens (including phenoxy) is 2. The number of hydrogen-bond donors (Lipinski definition) is 10. The number of nitrogen functional groups attached to an aromatic ring is 2. The number of aliphatic hydroxyl groups is 4. The van der Waals surface area contributed by atoms with Gasteiger partial charge in [0.05, 0.1) is 25.9 Å². The van der Waals surface area contributed by atoms with Crippen LogP contribution in [0.15, 0.2) is 25.3 Å². The Morgan fingerprint density at radius 1 is 0.623 bits per heavy atom. The van der Waals surface area contributed by atoms with Crippen LogP contribution in [0.5, 0.6) is 0 Å². The molecule has 0 bridgehead atoms. The van der Waals surface area contributed by atoms with Crippen molar-refractivity contribution in [2.75, 3.05) is 24.7 Å². The number of anilines is 2. The largest absolute Gasteiger partial charge is 0.490 e. The molecule has 6 rings (SSSR count). The van der Waals surface area contributed by atoms with Crippen LogP contribution in [-0.2, 0) is 49.7 Å². The monoisotopic (exact) mass is 836 g/mol. The van der Waals surface area contributed by atoms with Crippen molar-refractivity contribution in [1.29, 1.82) is 0 Å². The van der Waals surface area contributed by atoms with E-state index in [4.69, 9.17) is 39.8 Å². The second-order valence-corrected chi connectivity index (χ2v) is 17.2. The Bertz CT molecular complexity index is 2070. The molecule has 10 atom stereocenters. The van der Waals surface area contributed by atoms with Gasteiger partial charge in [-0.1, -0.05) is 0 Å². The molecule has 33 heteroatoms. The lowest BCUT2D eigenvalue weighted by Gasteiger charge is -2.24. The smallest absolute Gasteiger partial charge is 0.387 e. The maximum absolute atomic E-state index is 13.8. The fraction of sp³-hybridized carbons (Fsp3) is 0.500. The molecule has 0 saturated carbocycles. The van der Waals surface area contributed by atoms with Gasteiger partial charge in [0, 0.05) is 0 Å². The molecule has 12 N–H and O–H groups in total. The number of fused-ring (bicyclic) bond motifs is 2. The molecule has 2 aliphatic heterocycles. The van der Waals surface area contributed by atoms with E-state index >= 15 is 0 Å². The maximum atomic E-state index is 13.8. The van der Waals surface area contributed by atoms with E-state index in [0.717, 1.165) is 34.4 Å². The second kappa shape index (κ2) is 14.6. The first-order chi connectivity index (χ1) is 24.7. The molecule has 0 spiro atoms. The lowest BCUT2D eigenvalue weighted by atomic mass is 10.1. The summed E-state index contributed by atoms with van der Waals surface area (Å²) in [6.07, 6.45) is -8.96. The fourth-order valence-electron chi connectivity index (χ4n) is 5.14. The van der Waals surface area contributed by atoms with Crippen LogP contribution in [0, 0.1) is 0 Å². The number of nitrogens with zero attached hydrogens (tertiary/aromatic N) is 8. The van der Waals surface area contributed by atoms with Crippen LogP contribution < -0.4 is 11.5 Å². The summed E-state index contributed by atoms with van der Waals surface area (Å²) in [4.78, 5) is 60.9. The molecule has 0 aliphatic carbocycles. The lowest BCUT2D eigenvalue weighted by molar-refractivity contribution is -0.0607. The summed E-state index contributed by atoms with van der Waals surface area (Å²) in [5.41, 5.74) is 11.9. The molecule has 53 heavy (non-hydrogen) atoms. The van der Waals surface area contributed by atoms with Crippen LogP contribution in [-0.4, -0.2) is 129 Å². The van der Waals surface area contributed by atoms with E-state index in [0.29, 0.717) is 0 Å². The third-order valence-electron chi connectivity index (χ3n) is 7.41. The molecule has 6 heterocycles. The first kappa shape index (κ1) is 39.7. The average molecular weight is 836 g/mol. The molecule has 2 aliphatic rings. The van der Waals surface area contributed by atoms with Gasteiger partial charge in [-0.25, -0.2) is 48.2 Å². The van der Waals surface area contributed by atoms with Crippen molar-refractivity contribution < 1.29 is 89.7 Å². The third-order valence-corrected chi connectivity index (χ3v) is 13.3. The first-order valence-corrected chi connectivity index (χ1v) is 20.3. The van der Waals surface area contributed by atoms with Gasteiger partial charge in [-0.2, -0.15) is 12.9 Å². The van der Waals surface area contributed by atoms with E-state index in [2.05, 4.69) is 42.8 Å². The molecule has 2 fully saturated rings. The highest BCUT2D eigenvalue weighted by Crippen LogP contribution is 2.72. The van der Waals surface area contributed by atoms with Crippen molar-refractivity contribution in [2.24, 2.45) is 0 Å². The molecular formula is C20H28N10O19P4. The summed E-state index contributed by atoms with van der Waals surface area (Å²) in [5.74, 6) is -0.0585. The number of aliphatic hydroxyl groups excluding tert-OH is 4. The van der Waals surface area contributed by atoms with Crippen LogP contribution in [0.25, 0.3) is 22.3 Å². The van der Waals surface area contributed by atoms with Gasteiger partial charge >= 0.3 is 31.3 Å². The van der Waals surface area contributed by atoms with Gasteiger partial charge in [0.1, 0.15) is 60.3 Å². The van der Waals surface area contributed by atoms with Gasteiger partial charge in [-0.15, -0.1) is 0 Å². The second-order valence-electron chi connectivity index (χ2n) is 11.0. The van der Waals surface area contributed by atoms with Crippen molar-refractivity contribution in [2.45, 2.75) is 49.1 Å². The number of phosphoric acid groups is 4. The van der Waals surface area contributed by atoms with E-state index in [1.54, 1.807) is 0 Å². The number of rotatable bonds is 14. The van der Waals surface area contributed by atoms with Crippen molar-refractivity contribution in [3.63, 3.8) is 0 Å². The number of nitrogens with two attached hydrogens (primary N) is 2. The van der Waals surface area contributed by atoms with Crippen molar-refractivity contribution in [3.8, 4) is 0 Å². The fourth-order valence-corrected chi connectivity index (χ4v) is 10.2. The summed E-state index contributed by atoms with van der Waals surface area (Å²) >= 11 is 0. The number of aromatic nitrogens is 8. The van der Waals surface area contributed by atoms with Gasteiger partial charge in [-0.05, 0) is 0 Å². The molecule has 0 amide bonds. The molecular weight excluding hydrogens is 808 g/mol. The minimum absolute atomic E-state index is 0.0292. The third kappa shape index (κ3) is 8.48. The Morgan fingerprint density at radius 3 is 1.45 bits per heavy atom. The van der Waals surface area contributed by atoms with Crippen LogP contribution in [0.1, 0.15) is 12.5 Å². The zero-order valence-corrected chi connectivity index (χ0v) is 29.5. The van der Waals surface area contributed by atoms with Gasteiger partial charge < -0.3 is 60.9 Å². The SMILES string of the molecule is Nc1ncnc2c1ncn2[C@@H]1O[C@H](COP(=O)(OC[C@H]2O[C@@H](n3cnc4c(N)ncnc43)C(O)C2O)OP(=O)(O)OP(=O)(O)OP(=O)(O)O)C(O)C1O. The molecule has 0 radical (unpaired) electrons. The van der Waals surface area contributed by atoms with Crippen molar-refractivity contribution >= 4 is 65.3 Å². The Morgan fingerprint density at radius 2 is 1.04 bits per heavy atom. The average Bonchev–Trinajstić information content (AvgIpc) is 3.80. The van der Waals surface area contributed by atoms with Gasteiger partial charge in [-0.3, -0.25) is 18.2 Å². The van der Waals surface area contributed by atoms with Gasteiger partial charge in [0.25, 0.3) is 0 Å². The maximum Gasteiger partial charge on any atom is 0.490 e. The predicted octanol–water partition coefficient (Wildman–Crippen LogP) is -2.45. The minimum Gasteiger partial charge on any atom is -0.387 e. The molecule has 4 aromatic heterocycles. The molecule has 0 aromatic carbocycles.